The van der Waals surface area contributed by atoms with Crippen LogP contribution < -0.4 is 14.8 Å². The van der Waals surface area contributed by atoms with Gasteiger partial charge in [0.05, 0.1) is 18.6 Å². The molecule has 1 amide bonds. The molecular weight excluding hydrogens is 396 g/mol. The molecule has 0 heterocycles. The molecule has 2 aromatic rings. The van der Waals surface area contributed by atoms with Gasteiger partial charge in [-0.1, -0.05) is 0 Å². The maximum Gasteiger partial charge on any atom is 0.305 e. The van der Waals surface area contributed by atoms with E-state index in [0.717, 1.165) is 0 Å². The number of rotatable bonds is 10. The highest BCUT2D eigenvalue weighted by atomic mass is 32.2. The van der Waals surface area contributed by atoms with Crippen LogP contribution in [0.4, 0.5) is 5.69 Å². The van der Waals surface area contributed by atoms with Gasteiger partial charge in [0.2, 0.25) is 0 Å². The number of benzene rings is 2. The van der Waals surface area contributed by atoms with Crippen molar-refractivity contribution in [3.63, 3.8) is 0 Å². The van der Waals surface area contributed by atoms with Crippen molar-refractivity contribution in [2.45, 2.75) is 24.7 Å². The van der Waals surface area contributed by atoms with E-state index in [1.165, 1.54) is 31.4 Å². The quantitative estimate of drug-likeness (QED) is 0.451. The molecule has 0 atom stereocenters. The number of amides is 1. The maximum atomic E-state index is 12.5. The summed E-state index contributed by atoms with van der Waals surface area (Å²) in [5, 5.41) is 2.67. The van der Waals surface area contributed by atoms with Gasteiger partial charge in [0.1, 0.15) is 5.75 Å². The van der Waals surface area contributed by atoms with Crippen LogP contribution >= 0.6 is 0 Å². The number of methoxy groups -OCH3 is 1. The zero-order valence-corrected chi connectivity index (χ0v) is 17.1. The van der Waals surface area contributed by atoms with Crippen LogP contribution in [0.3, 0.4) is 0 Å². The Labute approximate surface area is 170 Å². The Morgan fingerprint density at radius 3 is 2.24 bits per heavy atom. The summed E-state index contributed by atoms with van der Waals surface area (Å²) in [6, 6.07) is 12.2. The second-order valence-electron chi connectivity index (χ2n) is 6.02. The van der Waals surface area contributed by atoms with E-state index in [1.54, 1.807) is 24.3 Å². The van der Waals surface area contributed by atoms with Crippen LogP contribution in [0.5, 0.6) is 5.75 Å². The number of hydrogen-bond acceptors (Lipinski definition) is 6. The third kappa shape index (κ3) is 6.79. The minimum Gasteiger partial charge on any atom is -0.494 e. The number of sulfonamides is 1. The van der Waals surface area contributed by atoms with Crippen LogP contribution in [-0.4, -0.2) is 40.6 Å². The lowest BCUT2D eigenvalue weighted by atomic mass is 10.2. The van der Waals surface area contributed by atoms with E-state index in [9.17, 15) is 18.0 Å². The fraction of sp³-hybridized carbons (Fsp3) is 0.300. The van der Waals surface area contributed by atoms with E-state index >= 15 is 0 Å². The number of nitrogens with one attached hydrogen (secondary N) is 2. The summed E-state index contributed by atoms with van der Waals surface area (Å²) in [6.45, 7) is 2.70. The van der Waals surface area contributed by atoms with Gasteiger partial charge in [-0.15, -0.1) is 0 Å². The molecular formula is C20H24N2O6S. The Morgan fingerprint density at radius 1 is 1.00 bits per heavy atom. The van der Waals surface area contributed by atoms with Gasteiger partial charge >= 0.3 is 5.97 Å². The second kappa shape index (κ2) is 10.5. The summed E-state index contributed by atoms with van der Waals surface area (Å²) < 4.78 is 37.4. The molecule has 0 aliphatic rings. The Kier molecular flexibility index (Phi) is 8.02. The van der Waals surface area contributed by atoms with Crippen molar-refractivity contribution >= 4 is 27.6 Å². The molecule has 2 aromatic carbocycles. The lowest BCUT2D eigenvalue weighted by Crippen LogP contribution is -2.25. The zero-order chi connectivity index (χ0) is 21.3. The van der Waals surface area contributed by atoms with Gasteiger partial charge < -0.3 is 14.8 Å². The first-order valence-corrected chi connectivity index (χ1v) is 10.5. The van der Waals surface area contributed by atoms with Crippen molar-refractivity contribution < 1.29 is 27.5 Å². The number of anilines is 1. The molecule has 0 unspecified atom stereocenters. The summed E-state index contributed by atoms with van der Waals surface area (Å²) >= 11 is 0. The molecule has 156 valence electrons. The predicted octanol–water partition coefficient (Wildman–Crippen LogP) is 2.57. The van der Waals surface area contributed by atoms with Gasteiger partial charge in [0.15, 0.2) is 0 Å². The standard InChI is InChI=1S/C20H24N2O6S/c1-3-28-17-10-8-16(9-11-17)22-29(25,26)18-12-6-15(7-13-18)20(24)21-14-4-5-19(23)27-2/h6-13,22H,3-5,14H2,1-2H3,(H,21,24). The average molecular weight is 420 g/mol. The molecule has 0 aliphatic heterocycles. The number of carbonyl (C=O) groups is 2. The van der Waals surface area contributed by atoms with Crippen LogP contribution in [0.25, 0.3) is 0 Å². The van der Waals surface area contributed by atoms with Crippen LogP contribution in [0.2, 0.25) is 0 Å². The van der Waals surface area contributed by atoms with Crippen molar-refractivity contribution in [2.24, 2.45) is 0 Å². The van der Waals surface area contributed by atoms with Crippen LogP contribution in [0, 0.1) is 0 Å². The van der Waals surface area contributed by atoms with Crippen molar-refractivity contribution in [2.75, 3.05) is 25.0 Å². The number of esters is 1. The molecule has 2 N–H and O–H groups in total. The lowest BCUT2D eigenvalue weighted by Gasteiger charge is -2.10. The first-order chi connectivity index (χ1) is 13.9. The van der Waals surface area contributed by atoms with Crippen molar-refractivity contribution in [1.29, 1.82) is 0 Å². The summed E-state index contributed by atoms with van der Waals surface area (Å²) in [5.74, 6) is -0.0375. The molecule has 0 aromatic heterocycles. The van der Waals surface area contributed by atoms with Gasteiger partial charge in [0.25, 0.3) is 15.9 Å². The average Bonchev–Trinajstić information content (AvgIpc) is 2.72. The molecule has 8 nitrogen and oxygen atoms in total. The van der Waals surface area contributed by atoms with Crippen molar-refractivity contribution in [1.82, 2.24) is 5.32 Å². The molecule has 0 aliphatic carbocycles. The maximum absolute atomic E-state index is 12.5. The highest BCUT2D eigenvalue weighted by Crippen LogP contribution is 2.20. The van der Waals surface area contributed by atoms with E-state index in [0.29, 0.717) is 36.6 Å². The molecule has 0 saturated heterocycles. The SMILES string of the molecule is CCOc1ccc(NS(=O)(=O)c2ccc(C(=O)NCCCC(=O)OC)cc2)cc1. The monoisotopic (exact) mass is 420 g/mol. The number of ether oxygens (including phenoxy) is 2. The highest BCUT2D eigenvalue weighted by Gasteiger charge is 2.15. The Balaban J connectivity index is 1.95. The van der Waals surface area contributed by atoms with Crippen molar-refractivity contribution in [3.8, 4) is 5.75 Å². The van der Waals surface area contributed by atoms with E-state index in [2.05, 4.69) is 14.8 Å². The van der Waals surface area contributed by atoms with Gasteiger partial charge in [-0.25, -0.2) is 8.42 Å². The summed E-state index contributed by atoms with van der Waals surface area (Å²) in [6.07, 6.45) is 0.669. The van der Waals surface area contributed by atoms with Gasteiger partial charge in [0, 0.05) is 24.2 Å². The largest absolute Gasteiger partial charge is 0.494 e. The second-order valence-corrected chi connectivity index (χ2v) is 7.71. The fourth-order valence-corrected chi connectivity index (χ4v) is 3.48. The number of hydrogen-bond donors (Lipinski definition) is 2. The molecule has 0 bridgehead atoms. The highest BCUT2D eigenvalue weighted by molar-refractivity contribution is 7.92. The molecule has 29 heavy (non-hydrogen) atoms. The lowest BCUT2D eigenvalue weighted by molar-refractivity contribution is -0.140. The normalized spacial score (nSPS) is 10.8. The number of carbonyl (C=O) groups excluding carboxylic acids is 2. The molecule has 0 radical (unpaired) electrons. The molecule has 2 rings (SSSR count). The summed E-state index contributed by atoms with van der Waals surface area (Å²) in [5.41, 5.74) is 0.726. The zero-order valence-electron chi connectivity index (χ0n) is 16.3. The van der Waals surface area contributed by atoms with E-state index in [-0.39, 0.29) is 23.2 Å². The van der Waals surface area contributed by atoms with Crippen molar-refractivity contribution in [3.05, 3.63) is 54.1 Å². The minimum absolute atomic E-state index is 0.0358. The fourth-order valence-electron chi connectivity index (χ4n) is 2.42. The Hall–Kier alpha value is -3.07. The van der Waals surface area contributed by atoms with Crippen LogP contribution in [0.1, 0.15) is 30.1 Å². The first kappa shape index (κ1) is 22.2. The Bertz CT molecular complexity index is 924. The van der Waals surface area contributed by atoms with Crippen LogP contribution in [0.15, 0.2) is 53.4 Å². The summed E-state index contributed by atoms with van der Waals surface area (Å²) in [7, 11) is -2.48. The van der Waals surface area contributed by atoms with Gasteiger partial charge in [-0.3, -0.25) is 14.3 Å². The topological polar surface area (TPSA) is 111 Å². The Morgan fingerprint density at radius 2 is 1.66 bits per heavy atom. The molecule has 0 saturated carbocycles. The van der Waals surface area contributed by atoms with Gasteiger partial charge in [-0.05, 0) is 61.9 Å². The smallest absolute Gasteiger partial charge is 0.305 e. The third-order valence-corrected chi connectivity index (χ3v) is 5.31. The van der Waals surface area contributed by atoms with E-state index in [4.69, 9.17) is 4.74 Å². The first-order valence-electron chi connectivity index (χ1n) is 9.06. The molecule has 0 fully saturated rings. The van der Waals surface area contributed by atoms with Crippen LogP contribution in [-0.2, 0) is 19.6 Å². The minimum atomic E-state index is -3.79. The van der Waals surface area contributed by atoms with Gasteiger partial charge in [-0.2, -0.15) is 0 Å². The third-order valence-electron chi connectivity index (χ3n) is 3.92. The van der Waals surface area contributed by atoms with E-state index in [1.807, 2.05) is 6.92 Å². The predicted molar refractivity (Wildman–Crippen MR) is 108 cm³/mol. The molecule has 9 heteroatoms. The van der Waals surface area contributed by atoms with E-state index < -0.39 is 10.0 Å². The summed E-state index contributed by atoms with van der Waals surface area (Å²) in [4.78, 5) is 23.2. The molecule has 0 spiro atoms.